The van der Waals surface area contributed by atoms with Gasteiger partial charge in [0, 0.05) is 19.2 Å². The second-order valence-corrected chi connectivity index (χ2v) is 7.49. The molecular weight excluding hydrogens is 394 g/mol. The molecule has 1 heterocycles. The zero-order chi connectivity index (χ0) is 19.8. The molecule has 2 aromatic carbocycles. The van der Waals surface area contributed by atoms with Crippen molar-refractivity contribution in [2.45, 2.75) is 18.1 Å². The molecule has 0 aliphatic rings. The van der Waals surface area contributed by atoms with Crippen molar-refractivity contribution in [1.29, 1.82) is 0 Å². The highest BCUT2D eigenvalue weighted by atomic mass is 35.5. The Morgan fingerprint density at radius 2 is 1.64 bits per heavy atom. The third kappa shape index (κ3) is 6.25. The topological polar surface area (TPSA) is 66.3 Å². The van der Waals surface area contributed by atoms with Crippen LogP contribution in [0.4, 0.5) is 5.82 Å². The van der Waals surface area contributed by atoms with Gasteiger partial charge in [-0.25, -0.2) is 9.97 Å². The number of hydrogen-bond acceptors (Lipinski definition) is 5. The molecule has 0 amide bonds. The largest absolute Gasteiger partial charge is 0.481 e. The Balaban J connectivity index is 1.83. The van der Waals surface area contributed by atoms with E-state index in [0.29, 0.717) is 22.7 Å². The van der Waals surface area contributed by atoms with Crippen molar-refractivity contribution in [3.63, 3.8) is 0 Å². The van der Waals surface area contributed by atoms with E-state index in [-0.39, 0.29) is 5.75 Å². The van der Waals surface area contributed by atoms with Crippen LogP contribution in [0.1, 0.15) is 11.1 Å². The van der Waals surface area contributed by atoms with Crippen molar-refractivity contribution in [2.75, 3.05) is 17.2 Å². The first kappa shape index (κ1) is 20.2. The molecule has 3 aromatic rings. The Kier molecular flexibility index (Phi) is 7.28. The molecule has 0 atom stereocenters. The quantitative estimate of drug-likeness (QED) is 0.315. The Hall–Kier alpha value is -2.57. The normalized spacial score (nSPS) is 10.6. The predicted octanol–water partition coefficient (Wildman–Crippen LogP) is 4.56. The van der Waals surface area contributed by atoms with E-state index in [1.165, 1.54) is 5.56 Å². The Labute approximate surface area is 173 Å². The summed E-state index contributed by atoms with van der Waals surface area (Å²) >= 11 is 7.25. The van der Waals surface area contributed by atoms with Crippen molar-refractivity contribution in [3.8, 4) is 0 Å². The van der Waals surface area contributed by atoms with Gasteiger partial charge in [-0.15, -0.1) is 0 Å². The molecule has 0 spiro atoms. The first-order valence-corrected chi connectivity index (χ1v) is 10.2. The fourth-order valence-corrected chi connectivity index (χ4v) is 3.53. The second kappa shape index (κ2) is 10.1. The number of nitrogens with zero attached hydrogens (tertiary/aromatic N) is 3. The van der Waals surface area contributed by atoms with Gasteiger partial charge in [-0.1, -0.05) is 84.0 Å². The van der Waals surface area contributed by atoms with E-state index in [0.717, 1.165) is 30.3 Å². The van der Waals surface area contributed by atoms with Gasteiger partial charge >= 0.3 is 5.97 Å². The van der Waals surface area contributed by atoms with Gasteiger partial charge in [0.1, 0.15) is 11.0 Å². The number of aromatic nitrogens is 2. The average molecular weight is 414 g/mol. The van der Waals surface area contributed by atoms with Gasteiger partial charge in [-0.2, -0.15) is 0 Å². The number of rotatable bonds is 9. The van der Waals surface area contributed by atoms with Crippen LogP contribution in [0.25, 0.3) is 0 Å². The van der Waals surface area contributed by atoms with E-state index in [9.17, 15) is 4.79 Å². The van der Waals surface area contributed by atoms with Crippen LogP contribution in [0.5, 0.6) is 0 Å². The van der Waals surface area contributed by atoms with Gasteiger partial charge in [0.25, 0.3) is 0 Å². The number of carbonyl (C=O) groups is 1. The zero-order valence-electron chi connectivity index (χ0n) is 15.2. The second-order valence-electron chi connectivity index (χ2n) is 6.16. The summed E-state index contributed by atoms with van der Waals surface area (Å²) < 4.78 is 0. The van der Waals surface area contributed by atoms with E-state index >= 15 is 0 Å². The van der Waals surface area contributed by atoms with E-state index in [1.54, 1.807) is 6.07 Å². The lowest BCUT2D eigenvalue weighted by Gasteiger charge is -2.24. The van der Waals surface area contributed by atoms with Crippen LogP contribution in [-0.2, 0) is 17.8 Å². The molecule has 3 rings (SSSR count). The number of halogens is 1. The van der Waals surface area contributed by atoms with Crippen molar-refractivity contribution >= 4 is 35.1 Å². The van der Waals surface area contributed by atoms with Gasteiger partial charge in [-0.05, 0) is 17.5 Å². The third-order valence-corrected chi connectivity index (χ3v) is 5.06. The molecule has 0 saturated heterocycles. The summed E-state index contributed by atoms with van der Waals surface area (Å²) in [7, 11) is 0. The maximum Gasteiger partial charge on any atom is 0.313 e. The number of carboxylic acid groups (broad SMARTS) is 1. The van der Waals surface area contributed by atoms with Gasteiger partial charge in [-0.3, -0.25) is 4.79 Å². The number of carboxylic acids is 1. The Bertz CT molecular complexity index is 910. The zero-order valence-corrected chi connectivity index (χ0v) is 16.7. The molecule has 28 heavy (non-hydrogen) atoms. The van der Waals surface area contributed by atoms with Gasteiger partial charge in [0.15, 0.2) is 5.16 Å². The molecule has 0 aliphatic heterocycles. The van der Waals surface area contributed by atoms with Crippen LogP contribution in [0.2, 0.25) is 5.15 Å². The van der Waals surface area contributed by atoms with Gasteiger partial charge < -0.3 is 10.0 Å². The summed E-state index contributed by atoms with van der Waals surface area (Å²) in [6.07, 6.45) is 0.854. The number of benzene rings is 2. The predicted molar refractivity (Wildman–Crippen MR) is 113 cm³/mol. The van der Waals surface area contributed by atoms with Crippen LogP contribution in [0.15, 0.2) is 71.9 Å². The van der Waals surface area contributed by atoms with E-state index in [2.05, 4.69) is 39.1 Å². The lowest BCUT2D eigenvalue weighted by Crippen LogP contribution is -2.26. The SMILES string of the molecule is O=C(O)CSc1nc(Cl)cc(N(CCc2ccccc2)Cc2ccccc2)n1. The summed E-state index contributed by atoms with van der Waals surface area (Å²) in [6.45, 7) is 1.42. The molecule has 0 aliphatic carbocycles. The molecule has 7 heteroatoms. The molecule has 1 N–H and O–H groups in total. The Morgan fingerprint density at radius 3 is 2.29 bits per heavy atom. The van der Waals surface area contributed by atoms with Crippen molar-refractivity contribution in [3.05, 3.63) is 83.0 Å². The summed E-state index contributed by atoms with van der Waals surface area (Å²) in [6, 6.07) is 22.1. The number of anilines is 1. The third-order valence-electron chi connectivity index (χ3n) is 4.04. The molecule has 0 radical (unpaired) electrons. The summed E-state index contributed by atoms with van der Waals surface area (Å²) in [4.78, 5) is 21.7. The minimum Gasteiger partial charge on any atom is -0.481 e. The molecule has 1 aromatic heterocycles. The first-order chi connectivity index (χ1) is 13.6. The minimum absolute atomic E-state index is 0.109. The fraction of sp³-hybridized carbons (Fsp3) is 0.190. The summed E-state index contributed by atoms with van der Waals surface area (Å²) in [5.41, 5.74) is 2.39. The van der Waals surface area contributed by atoms with Crippen molar-refractivity contribution in [1.82, 2.24) is 9.97 Å². The molecule has 144 valence electrons. The monoisotopic (exact) mass is 413 g/mol. The maximum atomic E-state index is 10.9. The lowest BCUT2D eigenvalue weighted by molar-refractivity contribution is -0.133. The fourth-order valence-electron chi connectivity index (χ4n) is 2.73. The van der Waals surface area contributed by atoms with Crippen molar-refractivity contribution < 1.29 is 9.90 Å². The number of hydrogen-bond donors (Lipinski definition) is 1. The molecular formula is C21H20ClN3O2S. The molecule has 0 bridgehead atoms. The van der Waals surface area contributed by atoms with Gasteiger partial charge in [0.2, 0.25) is 0 Å². The van der Waals surface area contributed by atoms with E-state index in [4.69, 9.17) is 16.7 Å². The van der Waals surface area contributed by atoms with E-state index < -0.39 is 5.97 Å². The molecule has 0 fully saturated rings. The number of aliphatic carboxylic acids is 1. The lowest BCUT2D eigenvalue weighted by atomic mass is 10.1. The highest BCUT2D eigenvalue weighted by Crippen LogP contribution is 2.23. The van der Waals surface area contributed by atoms with Crippen LogP contribution in [0, 0.1) is 0 Å². The first-order valence-electron chi connectivity index (χ1n) is 8.82. The van der Waals surface area contributed by atoms with Crippen molar-refractivity contribution in [2.24, 2.45) is 0 Å². The Morgan fingerprint density at radius 1 is 1.00 bits per heavy atom. The standard InChI is InChI=1S/C21H20ClN3O2S/c22-18-13-19(24-21(23-18)28-15-20(26)27)25(14-17-9-5-2-6-10-17)12-11-16-7-3-1-4-8-16/h1-10,13H,11-12,14-15H2,(H,26,27). The minimum atomic E-state index is -0.916. The molecule has 0 unspecified atom stereocenters. The highest BCUT2D eigenvalue weighted by molar-refractivity contribution is 7.99. The van der Waals surface area contributed by atoms with Crippen LogP contribution in [-0.4, -0.2) is 33.3 Å². The van der Waals surface area contributed by atoms with Gasteiger partial charge in [0.05, 0.1) is 5.75 Å². The summed E-state index contributed by atoms with van der Waals surface area (Å²) in [5, 5.41) is 9.57. The smallest absolute Gasteiger partial charge is 0.313 e. The van der Waals surface area contributed by atoms with Crippen LogP contribution >= 0.6 is 23.4 Å². The molecule has 5 nitrogen and oxygen atoms in total. The maximum absolute atomic E-state index is 10.9. The van der Waals surface area contributed by atoms with Crippen LogP contribution < -0.4 is 4.90 Å². The van der Waals surface area contributed by atoms with E-state index in [1.807, 2.05) is 36.4 Å². The highest BCUT2D eigenvalue weighted by Gasteiger charge is 2.13. The number of thioether (sulfide) groups is 1. The average Bonchev–Trinajstić information content (AvgIpc) is 2.70. The molecule has 0 saturated carbocycles. The van der Waals surface area contributed by atoms with Crippen LogP contribution in [0.3, 0.4) is 0 Å². The summed E-state index contributed by atoms with van der Waals surface area (Å²) in [5.74, 6) is -0.337.